The molecule has 0 aliphatic heterocycles. The van der Waals surface area contributed by atoms with E-state index >= 15 is 0 Å². The van der Waals surface area contributed by atoms with Crippen LogP contribution in [0.4, 0.5) is 0 Å². The molecule has 1 aliphatic carbocycles. The minimum atomic E-state index is -0.714. The maximum atomic E-state index is 11.9. The summed E-state index contributed by atoms with van der Waals surface area (Å²) in [4.78, 5) is 11.9. The maximum absolute atomic E-state index is 11.9. The Kier molecular flexibility index (Phi) is 10.3. The predicted molar refractivity (Wildman–Crippen MR) is 141 cm³/mol. The average Bonchev–Trinajstić information content (AvgIpc) is 3.26. The quantitative estimate of drug-likeness (QED) is 0.292. The zero-order valence-electron chi connectivity index (χ0n) is 21.9. The molecule has 1 atom stereocenters. The summed E-state index contributed by atoms with van der Waals surface area (Å²) in [6.07, 6.45) is 5.17. The Morgan fingerprint density at radius 3 is 2.61 bits per heavy atom. The maximum Gasteiger partial charge on any atom is 0.306 e. The lowest BCUT2D eigenvalue weighted by Gasteiger charge is -2.30. The number of aliphatic hydroxyl groups excluding tert-OH is 1. The molecule has 0 bridgehead atoms. The molecule has 0 saturated carbocycles. The van der Waals surface area contributed by atoms with Gasteiger partial charge < -0.3 is 19.9 Å². The van der Waals surface area contributed by atoms with Gasteiger partial charge >= 0.3 is 5.97 Å². The molecule has 1 aliphatic rings. The molecule has 0 radical (unpaired) electrons. The van der Waals surface area contributed by atoms with Gasteiger partial charge in [0, 0.05) is 18.5 Å². The zero-order chi connectivity index (χ0) is 26.0. The summed E-state index contributed by atoms with van der Waals surface area (Å²) in [7, 11) is 0. The van der Waals surface area contributed by atoms with E-state index in [4.69, 9.17) is 9.47 Å². The first-order chi connectivity index (χ1) is 17.3. The number of esters is 1. The van der Waals surface area contributed by atoms with Crippen molar-refractivity contribution in [2.45, 2.75) is 77.4 Å². The molecule has 36 heavy (non-hydrogen) atoms. The van der Waals surface area contributed by atoms with Gasteiger partial charge in [-0.2, -0.15) is 5.26 Å². The number of β-amino-alcohol motifs (C(OH)–C–C–N with tert-alkyl or cyclic N) is 1. The van der Waals surface area contributed by atoms with Crippen molar-refractivity contribution >= 4 is 5.97 Å². The first-order valence-electron chi connectivity index (χ1n) is 13.1. The number of aliphatic hydroxyl groups is 1. The summed E-state index contributed by atoms with van der Waals surface area (Å²) < 4.78 is 11.0. The van der Waals surface area contributed by atoms with E-state index in [0.717, 1.165) is 37.7 Å². The second-order valence-corrected chi connectivity index (χ2v) is 10.5. The number of hydrogen-bond donors (Lipinski definition) is 2. The molecule has 0 fully saturated rings. The molecule has 0 heterocycles. The van der Waals surface area contributed by atoms with Crippen LogP contribution in [0.15, 0.2) is 42.5 Å². The van der Waals surface area contributed by atoms with Gasteiger partial charge in [-0.1, -0.05) is 43.7 Å². The average molecular weight is 493 g/mol. The van der Waals surface area contributed by atoms with Crippen molar-refractivity contribution in [3.8, 4) is 11.8 Å². The summed E-state index contributed by atoms with van der Waals surface area (Å²) in [5.74, 6) is 0.806. The Morgan fingerprint density at radius 2 is 1.94 bits per heavy atom. The van der Waals surface area contributed by atoms with Crippen molar-refractivity contribution in [1.82, 2.24) is 5.32 Å². The van der Waals surface area contributed by atoms with Gasteiger partial charge in [-0.25, -0.2) is 0 Å². The second kappa shape index (κ2) is 13.4. The summed E-state index contributed by atoms with van der Waals surface area (Å²) in [5.41, 5.74) is 4.09. The van der Waals surface area contributed by atoms with Gasteiger partial charge in [0.2, 0.25) is 0 Å². The number of carbonyl (C=O) groups excluding carboxylic acids is 1. The number of fused-ring (bicyclic) bond motifs is 1. The standard InChI is InChI=1S/C30H40N2O4/c1-4-5-14-35-29(34)13-11-22-10-12-26(19-31)28(17-22)36-21-27(33)20-32-30(2,3)18-23-15-24-8-6-7-9-25(24)16-23/h6-10,12,17,23,27,32-33H,4-5,11,13-16,18,20-21H2,1-3H3/t27-/m0/s1. The van der Waals surface area contributed by atoms with Crippen molar-refractivity contribution in [2.24, 2.45) is 5.92 Å². The monoisotopic (exact) mass is 492 g/mol. The van der Waals surface area contributed by atoms with Crippen molar-refractivity contribution in [3.05, 3.63) is 64.7 Å². The molecule has 0 unspecified atom stereocenters. The third kappa shape index (κ3) is 8.65. The number of carbonyl (C=O) groups is 1. The number of nitriles is 1. The fourth-order valence-corrected chi connectivity index (χ4v) is 4.81. The van der Waals surface area contributed by atoms with E-state index in [1.165, 1.54) is 11.1 Å². The molecular weight excluding hydrogens is 452 g/mol. The third-order valence-corrected chi connectivity index (χ3v) is 6.73. The number of aryl methyl sites for hydroxylation is 1. The van der Waals surface area contributed by atoms with E-state index in [1.807, 2.05) is 6.07 Å². The molecule has 0 spiro atoms. The van der Waals surface area contributed by atoms with Gasteiger partial charge in [-0.3, -0.25) is 4.79 Å². The molecule has 2 aromatic rings. The number of hydrogen-bond acceptors (Lipinski definition) is 6. The Bertz CT molecular complexity index is 1020. The normalized spacial score (nSPS) is 14.2. The molecule has 2 N–H and O–H groups in total. The zero-order valence-corrected chi connectivity index (χ0v) is 21.9. The van der Waals surface area contributed by atoms with Crippen LogP contribution in [0.1, 0.15) is 68.7 Å². The van der Waals surface area contributed by atoms with Gasteiger partial charge in [0.1, 0.15) is 24.5 Å². The molecular formula is C30H40N2O4. The molecule has 0 saturated heterocycles. The SMILES string of the molecule is CCCCOC(=O)CCc1ccc(C#N)c(OC[C@@H](O)CNC(C)(C)CC2Cc3ccccc3C2)c1. The number of benzene rings is 2. The van der Waals surface area contributed by atoms with Gasteiger partial charge in [0.15, 0.2) is 0 Å². The van der Waals surface area contributed by atoms with Crippen LogP contribution < -0.4 is 10.1 Å². The van der Waals surface area contributed by atoms with E-state index in [0.29, 0.717) is 36.8 Å². The number of ether oxygens (including phenoxy) is 2. The van der Waals surface area contributed by atoms with Crippen molar-refractivity contribution in [2.75, 3.05) is 19.8 Å². The minimum Gasteiger partial charge on any atom is -0.489 e. The molecule has 194 valence electrons. The molecule has 0 amide bonds. The van der Waals surface area contributed by atoms with Crippen LogP contribution >= 0.6 is 0 Å². The Morgan fingerprint density at radius 1 is 1.22 bits per heavy atom. The van der Waals surface area contributed by atoms with Crippen LogP contribution in [0.25, 0.3) is 0 Å². The summed E-state index contributed by atoms with van der Waals surface area (Å²) in [6, 6.07) is 16.1. The lowest BCUT2D eigenvalue weighted by Crippen LogP contribution is -2.46. The fourth-order valence-electron chi connectivity index (χ4n) is 4.81. The first-order valence-corrected chi connectivity index (χ1v) is 13.1. The van der Waals surface area contributed by atoms with E-state index in [1.54, 1.807) is 12.1 Å². The van der Waals surface area contributed by atoms with Gasteiger partial charge in [0.25, 0.3) is 0 Å². The van der Waals surface area contributed by atoms with Crippen molar-refractivity contribution in [1.29, 1.82) is 5.26 Å². The first kappa shape index (κ1) is 27.7. The topological polar surface area (TPSA) is 91.6 Å². The summed E-state index contributed by atoms with van der Waals surface area (Å²) >= 11 is 0. The highest BCUT2D eigenvalue weighted by Crippen LogP contribution is 2.32. The largest absolute Gasteiger partial charge is 0.489 e. The number of nitrogens with zero attached hydrogens (tertiary/aromatic N) is 1. The summed E-state index contributed by atoms with van der Waals surface area (Å²) in [5, 5.41) is 23.5. The van der Waals surface area contributed by atoms with E-state index in [2.05, 4.69) is 56.4 Å². The molecule has 2 aromatic carbocycles. The molecule has 0 aromatic heterocycles. The molecule has 3 rings (SSSR count). The molecule has 6 nitrogen and oxygen atoms in total. The highest BCUT2D eigenvalue weighted by atomic mass is 16.5. The lowest BCUT2D eigenvalue weighted by atomic mass is 9.88. The van der Waals surface area contributed by atoms with E-state index in [-0.39, 0.29) is 24.5 Å². The highest BCUT2D eigenvalue weighted by Gasteiger charge is 2.28. The van der Waals surface area contributed by atoms with Crippen LogP contribution in [-0.4, -0.2) is 42.5 Å². The Labute approximate surface area is 215 Å². The number of rotatable bonds is 14. The summed E-state index contributed by atoms with van der Waals surface area (Å²) in [6.45, 7) is 7.33. The lowest BCUT2D eigenvalue weighted by molar-refractivity contribution is -0.143. The van der Waals surface area contributed by atoms with Crippen LogP contribution in [0.5, 0.6) is 5.75 Å². The van der Waals surface area contributed by atoms with Crippen molar-refractivity contribution in [3.63, 3.8) is 0 Å². The van der Waals surface area contributed by atoms with Gasteiger partial charge in [-0.05, 0) is 80.7 Å². The fraction of sp³-hybridized carbons (Fsp3) is 0.533. The van der Waals surface area contributed by atoms with Crippen LogP contribution in [0.3, 0.4) is 0 Å². The van der Waals surface area contributed by atoms with Gasteiger partial charge in [0.05, 0.1) is 12.2 Å². The van der Waals surface area contributed by atoms with Crippen molar-refractivity contribution < 1.29 is 19.4 Å². The third-order valence-electron chi connectivity index (χ3n) is 6.73. The minimum absolute atomic E-state index is 0.0785. The van der Waals surface area contributed by atoms with Gasteiger partial charge in [-0.15, -0.1) is 0 Å². The van der Waals surface area contributed by atoms with Crippen LogP contribution in [0.2, 0.25) is 0 Å². The Hall–Kier alpha value is -2.88. The van der Waals surface area contributed by atoms with Crippen LogP contribution in [0, 0.1) is 17.2 Å². The number of unbranched alkanes of at least 4 members (excludes halogenated alkanes) is 1. The highest BCUT2D eigenvalue weighted by molar-refractivity contribution is 5.69. The smallest absolute Gasteiger partial charge is 0.306 e. The Balaban J connectivity index is 1.44. The van der Waals surface area contributed by atoms with E-state index < -0.39 is 6.10 Å². The van der Waals surface area contributed by atoms with E-state index in [9.17, 15) is 15.2 Å². The predicted octanol–water partition coefficient (Wildman–Crippen LogP) is 4.75. The number of nitrogens with one attached hydrogen (secondary N) is 1. The molecule has 6 heteroatoms. The van der Waals surface area contributed by atoms with Crippen LogP contribution in [-0.2, 0) is 28.8 Å². The second-order valence-electron chi connectivity index (χ2n) is 10.5.